The van der Waals surface area contributed by atoms with Crippen molar-refractivity contribution in [2.45, 2.75) is 6.92 Å². The topological polar surface area (TPSA) is 63.7 Å². The lowest BCUT2D eigenvalue weighted by atomic mass is 10.3. The molecule has 15 heavy (non-hydrogen) atoms. The Hall–Kier alpha value is -1.59. The Bertz CT molecular complexity index is 414. The molecule has 1 heterocycles. The minimum atomic E-state index is 0.168. The molecule has 0 atom stereocenters. The van der Waals surface area contributed by atoms with Crippen LogP contribution >= 0.6 is 15.9 Å². The predicted molar refractivity (Wildman–Crippen MR) is 60.1 cm³/mol. The zero-order valence-corrected chi connectivity index (χ0v) is 9.82. The molecule has 0 amide bonds. The summed E-state index contributed by atoms with van der Waals surface area (Å²) in [6, 6.07) is 7.66. The predicted octanol–water partition coefficient (Wildman–Crippen LogP) is 2.01. The first-order valence-corrected chi connectivity index (χ1v) is 5.10. The molecule has 1 aromatic heterocycles. The van der Waals surface area contributed by atoms with Gasteiger partial charge in [-0.3, -0.25) is 0 Å². The van der Waals surface area contributed by atoms with Gasteiger partial charge in [0.15, 0.2) is 0 Å². The van der Waals surface area contributed by atoms with Crippen molar-refractivity contribution in [1.29, 1.82) is 10.5 Å². The summed E-state index contributed by atoms with van der Waals surface area (Å²) >= 11 is 3.35. The first-order valence-electron chi connectivity index (χ1n) is 4.31. The van der Waals surface area contributed by atoms with E-state index in [1.165, 1.54) is 0 Å². The first kappa shape index (κ1) is 11.5. The number of pyridine rings is 1. The number of hydrogen-bond acceptors (Lipinski definition) is 4. The molecule has 0 aliphatic rings. The Morgan fingerprint density at radius 1 is 1.33 bits per heavy atom. The van der Waals surface area contributed by atoms with Crippen molar-refractivity contribution in [2.75, 3.05) is 18.0 Å². The Morgan fingerprint density at radius 3 is 2.40 bits per heavy atom. The third-order valence-corrected chi connectivity index (χ3v) is 2.69. The molecule has 0 radical (unpaired) electrons. The highest BCUT2D eigenvalue weighted by molar-refractivity contribution is 9.10. The highest BCUT2D eigenvalue weighted by Crippen LogP contribution is 2.18. The van der Waals surface area contributed by atoms with Gasteiger partial charge in [0.1, 0.15) is 18.9 Å². The molecule has 0 saturated heterocycles. The van der Waals surface area contributed by atoms with E-state index < -0.39 is 0 Å². The van der Waals surface area contributed by atoms with E-state index in [9.17, 15) is 0 Å². The average Bonchev–Trinajstić information content (AvgIpc) is 2.22. The lowest BCUT2D eigenvalue weighted by molar-refractivity contribution is 0.926. The summed E-state index contributed by atoms with van der Waals surface area (Å²) in [5.41, 5.74) is 0.841. The summed E-state index contributed by atoms with van der Waals surface area (Å²) in [4.78, 5) is 5.91. The minimum absolute atomic E-state index is 0.168. The Balaban J connectivity index is 2.97. The van der Waals surface area contributed by atoms with Crippen LogP contribution in [0.4, 0.5) is 5.82 Å². The molecule has 0 bridgehead atoms. The number of aromatic nitrogens is 1. The fourth-order valence-electron chi connectivity index (χ4n) is 1.10. The molecular formula is C10H9BrN4. The van der Waals surface area contributed by atoms with Crippen LogP contribution in [-0.4, -0.2) is 18.1 Å². The number of anilines is 1. The number of nitrogens with zero attached hydrogens (tertiary/aromatic N) is 4. The monoisotopic (exact) mass is 264 g/mol. The van der Waals surface area contributed by atoms with Gasteiger partial charge in [-0.2, -0.15) is 10.5 Å². The summed E-state index contributed by atoms with van der Waals surface area (Å²) in [5, 5.41) is 17.2. The van der Waals surface area contributed by atoms with Crippen molar-refractivity contribution in [3.63, 3.8) is 0 Å². The zero-order chi connectivity index (χ0) is 11.3. The molecule has 4 nitrogen and oxygen atoms in total. The van der Waals surface area contributed by atoms with E-state index >= 15 is 0 Å². The van der Waals surface area contributed by atoms with E-state index in [2.05, 4.69) is 20.9 Å². The minimum Gasteiger partial charge on any atom is -0.330 e. The second kappa shape index (κ2) is 5.33. The maximum Gasteiger partial charge on any atom is 0.130 e. The molecule has 5 heteroatoms. The summed E-state index contributed by atoms with van der Waals surface area (Å²) < 4.78 is 0.917. The lowest BCUT2D eigenvalue weighted by Crippen LogP contribution is -2.24. The molecule has 0 saturated carbocycles. The van der Waals surface area contributed by atoms with Crippen molar-refractivity contribution in [1.82, 2.24) is 4.98 Å². The van der Waals surface area contributed by atoms with Crippen molar-refractivity contribution in [2.24, 2.45) is 0 Å². The van der Waals surface area contributed by atoms with Crippen LogP contribution in [0.2, 0.25) is 0 Å². The van der Waals surface area contributed by atoms with Gasteiger partial charge in [-0.1, -0.05) is 0 Å². The van der Waals surface area contributed by atoms with Crippen LogP contribution in [0.5, 0.6) is 0 Å². The molecule has 0 aliphatic heterocycles. The highest BCUT2D eigenvalue weighted by Gasteiger charge is 2.07. The third-order valence-electron chi connectivity index (χ3n) is 1.85. The van der Waals surface area contributed by atoms with Gasteiger partial charge in [0.05, 0.1) is 17.8 Å². The standard InChI is InChI=1S/C10H9BrN4/c1-8-9(11)2-3-10(14-8)15(6-4-12)7-5-13/h2-3H,6-7H2,1H3. The van der Waals surface area contributed by atoms with Crippen LogP contribution in [0, 0.1) is 29.6 Å². The molecule has 0 N–H and O–H groups in total. The van der Waals surface area contributed by atoms with Gasteiger partial charge in [-0.15, -0.1) is 0 Å². The SMILES string of the molecule is Cc1nc(N(CC#N)CC#N)ccc1Br. The molecule has 1 aromatic rings. The molecule has 0 fully saturated rings. The van der Waals surface area contributed by atoms with Crippen molar-refractivity contribution in [3.8, 4) is 12.1 Å². The summed E-state index contributed by atoms with van der Waals surface area (Å²) in [6.45, 7) is 2.20. The van der Waals surface area contributed by atoms with E-state index in [4.69, 9.17) is 10.5 Å². The van der Waals surface area contributed by atoms with E-state index in [0.717, 1.165) is 10.2 Å². The number of nitriles is 2. The molecule has 0 aromatic carbocycles. The number of aryl methyl sites for hydroxylation is 1. The average molecular weight is 265 g/mol. The summed E-state index contributed by atoms with van der Waals surface area (Å²) in [5.74, 6) is 0.652. The van der Waals surface area contributed by atoms with Crippen LogP contribution in [-0.2, 0) is 0 Å². The molecule has 0 spiro atoms. The summed E-state index contributed by atoms with van der Waals surface area (Å²) in [7, 11) is 0. The molecule has 0 aliphatic carbocycles. The number of rotatable bonds is 3. The van der Waals surface area contributed by atoms with E-state index in [1.54, 1.807) is 11.0 Å². The van der Waals surface area contributed by atoms with Crippen molar-refractivity contribution < 1.29 is 0 Å². The van der Waals surface area contributed by atoms with Gasteiger partial charge in [0.25, 0.3) is 0 Å². The highest BCUT2D eigenvalue weighted by atomic mass is 79.9. The zero-order valence-electron chi connectivity index (χ0n) is 8.24. The first-order chi connectivity index (χ1) is 7.19. The molecule has 1 rings (SSSR count). The van der Waals surface area contributed by atoms with Crippen LogP contribution in [0.3, 0.4) is 0 Å². The van der Waals surface area contributed by atoms with Crippen LogP contribution in [0.25, 0.3) is 0 Å². The Morgan fingerprint density at radius 2 is 1.93 bits per heavy atom. The van der Waals surface area contributed by atoms with Gasteiger partial charge >= 0.3 is 0 Å². The quantitative estimate of drug-likeness (QED) is 0.784. The smallest absolute Gasteiger partial charge is 0.130 e. The number of halogens is 1. The largest absolute Gasteiger partial charge is 0.330 e. The van der Waals surface area contributed by atoms with E-state index in [1.807, 2.05) is 25.1 Å². The second-order valence-corrected chi connectivity index (χ2v) is 3.76. The number of hydrogen-bond donors (Lipinski definition) is 0. The molecule has 0 unspecified atom stereocenters. The molecule has 76 valence electrons. The third kappa shape index (κ3) is 2.93. The second-order valence-electron chi connectivity index (χ2n) is 2.91. The van der Waals surface area contributed by atoms with E-state index in [-0.39, 0.29) is 13.1 Å². The van der Waals surface area contributed by atoms with Gasteiger partial charge in [0, 0.05) is 4.47 Å². The maximum absolute atomic E-state index is 8.61. The lowest BCUT2D eigenvalue weighted by Gasteiger charge is -2.17. The van der Waals surface area contributed by atoms with Gasteiger partial charge in [-0.05, 0) is 35.0 Å². The van der Waals surface area contributed by atoms with Crippen LogP contribution < -0.4 is 4.90 Å². The van der Waals surface area contributed by atoms with Crippen LogP contribution in [0.1, 0.15) is 5.69 Å². The fourth-order valence-corrected chi connectivity index (χ4v) is 1.32. The van der Waals surface area contributed by atoms with Gasteiger partial charge in [0.2, 0.25) is 0 Å². The van der Waals surface area contributed by atoms with E-state index in [0.29, 0.717) is 5.82 Å². The molecular weight excluding hydrogens is 256 g/mol. The normalized spacial score (nSPS) is 9.07. The Labute approximate surface area is 96.9 Å². The van der Waals surface area contributed by atoms with Crippen molar-refractivity contribution >= 4 is 21.7 Å². The van der Waals surface area contributed by atoms with Crippen LogP contribution in [0.15, 0.2) is 16.6 Å². The Kier molecular flexibility index (Phi) is 4.08. The fraction of sp³-hybridized carbons (Fsp3) is 0.300. The maximum atomic E-state index is 8.61. The van der Waals surface area contributed by atoms with Crippen molar-refractivity contribution in [3.05, 3.63) is 22.3 Å². The van der Waals surface area contributed by atoms with Gasteiger partial charge in [-0.25, -0.2) is 4.98 Å². The van der Waals surface area contributed by atoms with Gasteiger partial charge < -0.3 is 4.90 Å². The summed E-state index contributed by atoms with van der Waals surface area (Å²) in [6.07, 6.45) is 0.